The van der Waals surface area contributed by atoms with Gasteiger partial charge < -0.3 is 4.57 Å². The summed E-state index contributed by atoms with van der Waals surface area (Å²) in [6.07, 6.45) is 9.31. The molecule has 0 amide bonds. The molecule has 2 unspecified atom stereocenters. The zero-order valence-electron chi connectivity index (χ0n) is 40.8. The van der Waals surface area contributed by atoms with E-state index in [0.717, 1.165) is 5.69 Å². The van der Waals surface area contributed by atoms with Gasteiger partial charge in [0.2, 0.25) is 0 Å². The summed E-state index contributed by atoms with van der Waals surface area (Å²) in [5.41, 5.74) is 27.0. The average Bonchev–Trinajstić information content (AvgIpc) is 4.02. The van der Waals surface area contributed by atoms with E-state index in [1.54, 1.807) is 0 Å². The van der Waals surface area contributed by atoms with E-state index in [4.69, 9.17) is 0 Å². The van der Waals surface area contributed by atoms with E-state index in [9.17, 15) is 0 Å². The van der Waals surface area contributed by atoms with Gasteiger partial charge in [-0.15, -0.1) is 0 Å². The smallest absolute Gasteiger partial charge is 0.0541 e. The quantitative estimate of drug-likeness (QED) is 0.162. The number of hydrogen-bond donors (Lipinski definition) is 0. The monoisotopic (exact) mass is 897 g/mol. The summed E-state index contributed by atoms with van der Waals surface area (Å²) < 4.78 is 2.49. The van der Waals surface area contributed by atoms with Crippen molar-refractivity contribution in [2.45, 2.75) is 63.7 Å². The summed E-state index contributed by atoms with van der Waals surface area (Å²) >= 11 is 0. The van der Waals surface area contributed by atoms with Crippen LogP contribution in [0.25, 0.3) is 94.3 Å². The molecule has 4 aliphatic carbocycles. The molecule has 336 valence electrons. The summed E-state index contributed by atoms with van der Waals surface area (Å²) in [6, 6.07) is 72.1. The standard InChI is InChI=1S/C69H55N/c1-67(2)59-22-12-7-17-51(59)54-30-27-42(39-62(54)67)45-33-46(43-28-31-55-52-18-8-13-23-60(52)68(3,4)63(55)40-43)35-47(34-45)49-36-48(44-29-32-56-53-19-9-14-24-61(53)69(5,6)64(56)41-44)37-50(38-49)70-65-25-15-10-20-57(65)58-21-11-16-26-66(58)70/h7-41,51,59H,1-6H3. The Morgan fingerprint density at radius 2 is 0.757 bits per heavy atom. The predicted molar refractivity (Wildman–Crippen MR) is 295 cm³/mol. The Morgan fingerprint density at radius 3 is 1.31 bits per heavy atom. The molecule has 1 nitrogen and oxygen atoms in total. The van der Waals surface area contributed by atoms with Crippen molar-refractivity contribution in [3.63, 3.8) is 0 Å². The Bertz CT molecular complexity index is 3880. The van der Waals surface area contributed by atoms with Crippen LogP contribution in [0.15, 0.2) is 212 Å². The molecule has 0 aliphatic heterocycles. The van der Waals surface area contributed by atoms with E-state index in [-0.39, 0.29) is 16.2 Å². The largest absolute Gasteiger partial charge is 0.309 e. The van der Waals surface area contributed by atoms with E-state index in [0.29, 0.717) is 11.8 Å². The van der Waals surface area contributed by atoms with Gasteiger partial charge >= 0.3 is 0 Å². The number of aromatic nitrogens is 1. The van der Waals surface area contributed by atoms with Gasteiger partial charge in [0.25, 0.3) is 0 Å². The first-order valence-electron chi connectivity index (χ1n) is 25.2. The van der Waals surface area contributed by atoms with Crippen LogP contribution in [0, 0.1) is 5.92 Å². The highest BCUT2D eigenvalue weighted by Crippen LogP contribution is 2.55. The molecule has 1 heterocycles. The van der Waals surface area contributed by atoms with Crippen LogP contribution in [0.2, 0.25) is 0 Å². The molecule has 1 aromatic heterocycles. The molecule has 0 saturated heterocycles. The highest BCUT2D eigenvalue weighted by molar-refractivity contribution is 6.09. The molecule has 70 heavy (non-hydrogen) atoms. The molecule has 1 heteroatoms. The molecule has 2 atom stereocenters. The van der Waals surface area contributed by atoms with Gasteiger partial charge in [-0.3, -0.25) is 0 Å². The third-order valence-electron chi connectivity index (χ3n) is 17.3. The van der Waals surface area contributed by atoms with Crippen molar-refractivity contribution < 1.29 is 0 Å². The van der Waals surface area contributed by atoms with Crippen molar-refractivity contribution in [1.29, 1.82) is 0 Å². The Morgan fingerprint density at radius 1 is 0.343 bits per heavy atom. The maximum atomic E-state index is 2.52. The first-order valence-corrected chi connectivity index (χ1v) is 25.2. The molecule has 14 rings (SSSR count). The van der Waals surface area contributed by atoms with Gasteiger partial charge in [0.15, 0.2) is 0 Å². The molecule has 0 saturated carbocycles. The van der Waals surface area contributed by atoms with E-state index in [2.05, 4.69) is 258 Å². The maximum Gasteiger partial charge on any atom is 0.0541 e. The van der Waals surface area contributed by atoms with Crippen LogP contribution in [0.4, 0.5) is 0 Å². The molecule has 9 aromatic carbocycles. The zero-order chi connectivity index (χ0) is 47.3. The number of benzene rings is 9. The Kier molecular flexibility index (Phi) is 8.63. The zero-order valence-corrected chi connectivity index (χ0v) is 40.8. The molecule has 4 aliphatic rings. The van der Waals surface area contributed by atoms with Gasteiger partial charge in [0.1, 0.15) is 0 Å². The summed E-state index contributed by atoms with van der Waals surface area (Å²) in [4.78, 5) is 0. The van der Waals surface area contributed by atoms with E-state index in [1.165, 1.54) is 122 Å². The van der Waals surface area contributed by atoms with Crippen LogP contribution in [0.1, 0.15) is 80.8 Å². The van der Waals surface area contributed by atoms with Gasteiger partial charge in [-0.2, -0.15) is 0 Å². The summed E-state index contributed by atoms with van der Waals surface area (Å²) in [7, 11) is 0. The van der Waals surface area contributed by atoms with Crippen LogP contribution < -0.4 is 0 Å². The molecular weight excluding hydrogens is 843 g/mol. The maximum absolute atomic E-state index is 2.52. The van der Waals surface area contributed by atoms with Crippen molar-refractivity contribution >= 4 is 21.8 Å². The second kappa shape index (κ2) is 14.6. The minimum Gasteiger partial charge on any atom is -0.309 e. The lowest BCUT2D eigenvalue weighted by atomic mass is 9.74. The lowest BCUT2D eigenvalue weighted by molar-refractivity contribution is 0.394. The highest BCUT2D eigenvalue weighted by Gasteiger charge is 2.44. The molecule has 0 N–H and O–H groups in total. The molecule has 0 bridgehead atoms. The highest BCUT2D eigenvalue weighted by atomic mass is 15.0. The summed E-state index contributed by atoms with van der Waals surface area (Å²) in [5, 5.41) is 2.52. The van der Waals surface area contributed by atoms with E-state index < -0.39 is 0 Å². The predicted octanol–water partition coefficient (Wildman–Crippen LogP) is 18.2. The number of rotatable bonds is 5. The van der Waals surface area contributed by atoms with Crippen molar-refractivity contribution in [2.75, 3.05) is 0 Å². The number of para-hydroxylation sites is 2. The lowest BCUT2D eigenvalue weighted by Crippen LogP contribution is -2.24. The molecule has 0 fully saturated rings. The minimum atomic E-state index is -0.112. The van der Waals surface area contributed by atoms with Gasteiger partial charge in [-0.25, -0.2) is 0 Å². The van der Waals surface area contributed by atoms with Gasteiger partial charge in [-0.1, -0.05) is 193 Å². The molecule has 10 aromatic rings. The first kappa shape index (κ1) is 41.3. The Hall–Kier alpha value is -7.74. The third-order valence-corrected chi connectivity index (χ3v) is 17.3. The van der Waals surface area contributed by atoms with Crippen LogP contribution >= 0.6 is 0 Å². The minimum absolute atomic E-state index is 0.00955. The molecular formula is C69H55N. The van der Waals surface area contributed by atoms with Crippen molar-refractivity contribution in [1.82, 2.24) is 4.57 Å². The van der Waals surface area contributed by atoms with Crippen molar-refractivity contribution in [3.05, 3.63) is 246 Å². The SMILES string of the molecule is CC1(C)c2ccccc2-c2ccc(-c3cc(-c4cc(-c5ccc6c(c5)C(C)(C)c5ccccc5-6)cc(-n5c6ccccc6c6ccccc65)c4)cc(-c4ccc5c(c4)C(C)(C)C4C=CC=CC54)c3)cc21. The second-order valence-corrected chi connectivity index (χ2v) is 22.1. The van der Waals surface area contributed by atoms with Crippen LogP contribution in [0.5, 0.6) is 0 Å². The van der Waals surface area contributed by atoms with Crippen molar-refractivity contribution in [2.24, 2.45) is 5.92 Å². The van der Waals surface area contributed by atoms with E-state index in [1.807, 2.05) is 0 Å². The fourth-order valence-electron chi connectivity index (χ4n) is 13.5. The molecule has 0 radical (unpaired) electrons. The van der Waals surface area contributed by atoms with Crippen LogP contribution in [0.3, 0.4) is 0 Å². The average molecular weight is 898 g/mol. The lowest BCUT2D eigenvalue weighted by Gasteiger charge is -2.29. The Balaban J connectivity index is 1.01. The summed E-state index contributed by atoms with van der Waals surface area (Å²) in [6.45, 7) is 14.4. The fraction of sp³-hybridized carbons (Fsp3) is 0.159. The Labute approximate surface area is 412 Å². The fourth-order valence-corrected chi connectivity index (χ4v) is 13.5. The number of fused-ring (bicyclic) bond motifs is 12. The number of allylic oxidation sites excluding steroid dienone is 4. The number of hydrogen-bond acceptors (Lipinski definition) is 0. The van der Waals surface area contributed by atoms with E-state index >= 15 is 0 Å². The topological polar surface area (TPSA) is 4.93 Å². The third kappa shape index (κ3) is 5.85. The van der Waals surface area contributed by atoms with Crippen molar-refractivity contribution in [3.8, 4) is 72.4 Å². The van der Waals surface area contributed by atoms with Crippen LogP contribution in [-0.2, 0) is 16.2 Å². The number of nitrogens with zero attached hydrogens (tertiary/aromatic N) is 1. The molecule has 0 spiro atoms. The van der Waals surface area contributed by atoms with Gasteiger partial charge in [0.05, 0.1) is 11.0 Å². The van der Waals surface area contributed by atoms with Gasteiger partial charge in [0, 0.05) is 33.2 Å². The normalized spacial score (nSPS) is 18.1. The second-order valence-electron chi connectivity index (χ2n) is 22.1. The summed E-state index contributed by atoms with van der Waals surface area (Å²) in [5.74, 6) is 0.857. The van der Waals surface area contributed by atoms with Gasteiger partial charge in [-0.05, 0) is 172 Å². The van der Waals surface area contributed by atoms with Crippen LogP contribution in [-0.4, -0.2) is 4.57 Å². The first-order chi connectivity index (χ1) is 33.9.